The van der Waals surface area contributed by atoms with Gasteiger partial charge >= 0.3 is 0 Å². The average Bonchev–Trinajstić information content (AvgIpc) is 2.36. The van der Waals surface area contributed by atoms with E-state index in [0.29, 0.717) is 5.75 Å². The van der Waals surface area contributed by atoms with E-state index < -0.39 is 0 Å². The number of thioether (sulfide) groups is 1. The van der Waals surface area contributed by atoms with Gasteiger partial charge in [-0.05, 0) is 36.4 Å². The Morgan fingerprint density at radius 2 is 2.06 bits per heavy atom. The molecule has 92 valence electrons. The molecule has 1 aromatic rings. The van der Waals surface area contributed by atoms with E-state index in [1.54, 1.807) is 7.11 Å². The van der Waals surface area contributed by atoms with Crippen molar-refractivity contribution in [2.75, 3.05) is 18.6 Å². The zero-order chi connectivity index (χ0) is 12.7. The first-order chi connectivity index (χ1) is 8.17. The fourth-order valence-electron chi connectivity index (χ4n) is 1.26. The maximum absolute atomic E-state index is 11.7. The second-order valence-corrected chi connectivity index (χ2v) is 4.97. The molecule has 0 radical (unpaired) electrons. The Morgan fingerprint density at radius 3 is 2.59 bits per heavy atom. The fourth-order valence-corrected chi connectivity index (χ4v) is 2.10. The summed E-state index contributed by atoms with van der Waals surface area (Å²) in [7, 11) is 1.63. The first-order valence-electron chi connectivity index (χ1n) is 5.27. The molecule has 0 spiro atoms. The number of ether oxygens (including phenoxy) is 1. The highest BCUT2D eigenvalue weighted by atomic mass is 32.2. The molecule has 0 unspecified atom stereocenters. The van der Waals surface area contributed by atoms with Crippen molar-refractivity contribution in [3.63, 3.8) is 0 Å². The lowest BCUT2D eigenvalue weighted by Gasteiger charge is -2.01. The van der Waals surface area contributed by atoms with Crippen molar-refractivity contribution < 1.29 is 9.53 Å². The van der Waals surface area contributed by atoms with Gasteiger partial charge in [-0.2, -0.15) is 12.6 Å². The summed E-state index contributed by atoms with van der Waals surface area (Å²) in [6.07, 6.45) is 1.88. The van der Waals surface area contributed by atoms with Crippen molar-refractivity contribution in [2.24, 2.45) is 0 Å². The second-order valence-electron chi connectivity index (χ2n) is 3.46. The maximum atomic E-state index is 11.7. The quantitative estimate of drug-likeness (QED) is 0.655. The van der Waals surface area contributed by atoms with Crippen molar-refractivity contribution in [2.45, 2.75) is 6.92 Å². The molecular formula is C13H16O2S2. The van der Waals surface area contributed by atoms with Crippen LogP contribution in [0.15, 0.2) is 29.8 Å². The van der Waals surface area contributed by atoms with Gasteiger partial charge in [-0.1, -0.05) is 23.9 Å². The second kappa shape index (κ2) is 7.45. The van der Waals surface area contributed by atoms with Crippen LogP contribution in [0, 0.1) is 0 Å². The molecule has 1 aromatic carbocycles. The Bertz CT molecular complexity index is 396. The van der Waals surface area contributed by atoms with Gasteiger partial charge in [0.25, 0.3) is 0 Å². The smallest absolute Gasteiger partial charge is 0.215 e. The highest BCUT2D eigenvalue weighted by Crippen LogP contribution is 2.17. The third-order valence-electron chi connectivity index (χ3n) is 2.15. The van der Waals surface area contributed by atoms with E-state index in [1.807, 2.05) is 37.3 Å². The van der Waals surface area contributed by atoms with E-state index in [0.717, 1.165) is 22.6 Å². The molecule has 0 atom stereocenters. The Labute approximate surface area is 112 Å². The topological polar surface area (TPSA) is 26.3 Å². The summed E-state index contributed by atoms with van der Waals surface area (Å²) in [5.74, 6) is 2.28. The van der Waals surface area contributed by atoms with E-state index >= 15 is 0 Å². The monoisotopic (exact) mass is 268 g/mol. The van der Waals surface area contributed by atoms with Crippen LogP contribution in [0.4, 0.5) is 0 Å². The van der Waals surface area contributed by atoms with Crippen LogP contribution in [-0.4, -0.2) is 23.7 Å². The van der Waals surface area contributed by atoms with Gasteiger partial charge in [0.15, 0.2) is 0 Å². The number of methoxy groups -OCH3 is 1. The van der Waals surface area contributed by atoms with Gasteiger partial charge in [-0.15, -0.1) is 0 Å². The molecule has 0 bridgehead atoms. The summed E-state index contributed by atoms with van der Waals surface area (Å²) < 4.78 is 5.07. The van der Waals surface area contributed by atoms with Crippen molar-refractivity contribution in [1.29, 1.82) is 0 Å². The number of thiol groups is 1. The molecule has 0 N–H and O–H groups in total. The molecule has 0 fully saturated rings. The minimum Gasteiger partial charge on any atom is -0.497 e. The molecule has 0 aliphatic rings. The van der Waals surface area contributed by atoms with Gasteiger partial charge in [-0.3, -0.25) is 4.79 Å². The van der Waals surface area contributed by atoms with Crippen LogP contribution in [0.2, 0.25) is 0 Å². The molecule has 0 heterocycles. The molecular weight excluding hydrogens is 252 g/mol. The summed E-state index contributed by atoms with van der Waals surface area (Å²) in [6, 6.07) is 7.62. The van der Waals surface area contributed by atoms with Crippen LogP contribution in [0.25, 0.3) is 6.08 Å². The standard InChI is InChI=1S/C13H16O2S2/c1-10(13(14)17-8-7-16)9-11-3-5-12(15-2)6-4-11/h3-6,9,16H,7-8H2,1-2H3/b10-9+. The highest BCUT2D eigenvalue weighted by Gasteiger charge is 2.04. The molecule has 2 nitrogen and oxygen atoms in total. The van der Waals surface area contributed by atoms with Crippen molar-refractivity contribution >= 4 is 35.6 Å². The lowest BCUT2D eigenvalue weighted by atomic mass is 10.1. The Morgan fingerprint density at radius 1 is 1.41 bits per heavy atom. The fraction of sp³-hybridized carbons (Fsp3) is 0.308. The van der Waals surface area contributed by atoms with E-state index in [2.05, 4.69) is 12.6 Å². The van der Waals surface area contributed by atoms with Crippen LogP contribution < -0.4 is 4.74 Å². The summed E-state index contributed by atoms with van der Waals surface area (Å²) in [5.41, 5.74) is 1.75. The minimum atomic E-state index is 0.106. The summed E-state index contributed by atoms with van der Waals surface area (Å²) in [6.45, 7) is 1.83. The first kappa shape index (κ1) is 14.2. The van der Waals surface area contributed by atoms with Gasteiger partial charge in [0.2, 0.25) is 5.12 Å². The van der Waals surface area contributed by atoms with E-state index in [-0.39, 0.29) is 5.12 Å². The van der Waals surface area contributed by atoms with Crippen LogP contribution in [0.3, 0.4) is 0 Å². The minimum absolute atomic E-state index is 0.106. The predicted octanol–water partition coefficient (Wildman–Crippen LogP) is 3.29. The lowest BCUT2D eigenvalue weighted by Crippen LogP contribution is -1.95. The van der Waals surface area contributed by atoms with Gasteiger partial charge in [-0.25, -0.2) is 0 Å². The number of benzene rings is 1. The third kappa shape index (κ3) is 4.88. The van der Waals surface area contributed by atoms with Crippen molar-refractivity contribution in [3.05, 3.63) is 35.4 Å². The van der Waals surface area contributed by atoms with Crippen LogP contribution in [0.1, 0.15) is 12.5 Å². The molecule has 0 aliphatic carbocycles. The van der Waals surface area contributed by atoms with E-state index in [9.17, 15) is 4.79 Å². The number of hydrogen-bond acceptors (Lipinski definition) is 4. The highest BCUT2D eigenvalue weighted by molar-refractivity contribution is 8.14. The summed E-state index contributed by atoms with van der Waals surface area (Å²) in [4.78, 5) is 11.7. The molecule has 4 heteroatoms. The number of carbonyl (C=O) groups excluding carboxylic acids is 1. The number of carbonyl (C=O) groups is 1. The molecule has 0 aliphatic heterocycles. The zero-order valence-corrected chi connectivity index (χ0v) is 11.7. The average molecular weight is 268 g/mol. The zero-order valence-electron chi connectivity index (χ0n) is 9.97. The van der Waals surface area contributed by atoms with Crippen molar-refractivity contribution in [3.8, 4) is 5.75 Å². The number of hydrogen-bond donors (Lipinski definition) is 1. The third-order valence-corrected chi connectivity index (χ3v) is 3.66. The van der Waals surface area contributed by atoms with Crippen LogP contribution >= 0.6 is 24.4 Å². The summed E-state index contributed by atoms with van der Waals surface area (Å²) in [5, 5.41) is 0.106. The Balaban J connectivity index is 2.69. The van der Waals surface area contributed by atoms with Gasteiger partial charge in [0, 0.05) is 11.3 Å². The Hall–Kier alpha value is -0.870. The molecule has 0 saturated carbocycles. The van der Waals surface area contributed by atoms with Gasteiger partial charge in [0.05, 0.1) is 7.11 Å². The molecule has 17 heavy (non-hydrogen) atoms. The summed E-state index contributed by atoms with van der Waals surface area (Å²) >= 11 is 5.38. The molecule has 0 amide bonds. The molecule has 0 aromatic heterocycles. The molecule has 0 saturated heterocycles. The molecule has 1 rings (SSSR count). The Kier molecular flexibility index (Phi) is 6.22. The maximum Gasteiger partial charge on any atom is 0.215 e. The van der Waals surface area contributed by atoms with Crippen LogP contribution in [0.5, 0.6) is 5.75 Å². The van der Waals surface area contributed by atoms with E-state index in [4.69, 9.17) is 4.74 Å². The van der Waals surface area contributed by atoms with Crippen molar-refractivity contribution in [1.82, 2.24) is 0 Å². The first-order valence-corrected chi connectivity index (χ1v) is 6.89. The normalized spacial score (nSPS) is 11.4. The lowest BCUT2D eigenvalue weighted by molar-refractivity contribution is -0.107. The van der Waals surface area contributed by atoms with E-state index in [1.165, 1.54) is 11.8 Å². The van der Waals surface area contributed by atoms with Crippen LogP contribution in [-0.2, 0) is 4.79 Å². The van der Waals surface area contributed by atoms with Gasteiger partial charge < -0.3 is 4.74 Å². The largest absolute Gasteiger partial charge is 0.497 e. The number of rotatable bonds is 5. The van der Waals surface area contributed by atoms with Gasteiger partial charge in [0.1, 0.15) is 5.75 Å². The predicted molar refractivity (Wildman–Crippen MR) is 78.0 cm³/mol. The SMILES string of the molecule is COc1ccc(/C=C(\C)C(=O)SCCS)cc1.